The summed E-state index contributed by atoms with van der Waals surface area (Å²) in [6.45, 7) is 2.58. The van der Waals surface area contributed by atoms with Gasteiger partial charge < -0.3 is 9.84 Å². The molecule has 2 aromatic rings. The van der Waals surface area contributed by atoms with Crippen LogP contribution < -0.4 is 5.32 Å². The lowest BCUT2D eigenvalue weighted by atomic mass is 10.3. The van der Waals surface area contributed by atoms with Crippen LogP contribution in [0.5, 0.6) is 0 Å². The Balaban J connectivity index is 1.89. The van der Waals surface area contributed by atoms with Gasteiger partial charge in [0.15, 0.2) is 5.82 Å². The Morgan fingerprint density at radius 2 is 2.04 bits per heavy atom. The summed E-state index contributed by atoms with van der Waals surface area (Å²) in [6, 6.07) is 5.05. The maximum Gasteiger partial charge on any atom is 0.240 e. The number of halogens is 2. The van der Waals surface area contributed by atoms with E-state index in [0.717, 1.165) is 12.8 Å². The van der Waals surface area contributed by atoms with Crippen LogP contribution in [0.15, 0.2) is 22.7 Å². The first kappa shape index (κ1) is 17.7. The Morgan fingerprint density at radius 3 is 2.70 bits per heavy atom. The smallest absolute Gasteiger partial charge is 0.240 e. The van der Waals surface area contributed by atoms with Gasteiger partial charge in [-0.3, -0.25) is 9.69 Å². The second-order valence-corrected chi connectivity index (χ2v) is 5.99. The molecular formula is C15H18Cl2N4O2. The lowest BCUT2D eigenvalue weighted by molar-refractivity contribution is -0.117. The summed E-state index contributed by atoms with van der Waals surface area (Å²) in [5, 5.41) is 7.39. The van der Waals surface area contributed by atoms with Crippen molar-refractivity contribution in [2.24, 2.45) is 0 Å². The second-order valence-electron chi connectivity index (χ2n) is 5.17. The minimum atomic E-state index is -0.226. The summed E-state index contributed by atoms with van der Waals surface area (Å²) >= 11 is 12.1. The molecule has 0 unspecified atom stereocenters. The number of hydrogen-bond acceptors (Lipinski definition) is 5. The van der Waals surface area contributed by atoms with Crippen molar-refractivity contribution in [1.29, 1.82) is 0 Å². The topological polar surface area (TPSA) is 71.3 Å². The van der Waals surface area contributed by atoms with Crippen LogP contribution in [-0.4, -0.2) is 34.5 Å². The van der Waals surface area contributed by atoms with E-state index in [2.05, 4.69) is 15.5 Å². The number of benzene rings is 1. The highest BCUT2D eigenvalue weighted by molar-refractivity contribution is 6.39. The molecule has 0 aliphatic carbocycles. The number of amides is 1. The van der Waals surface area contributed by atoms with Crippen molar-refractivity contribution in [2.75, 3.05) is 18.9 Å². The zero-order chi connectivity index (χ0) is 16.8. The highest BCUT2D eigenvalue weighted by Crippen LogP contribution is 2.29. The summed E-state index contributed by atoms with van der Waals surface area (Å²) < 4.78 is 5.15. The van der Waals surface area contributed by atoms with Crippen molar-refractivity contribution in [3.63, 3.8) is 0 Å². The van der Waals surface area contributed by atoms with E-state index in [1.807, 2.05) is 6.92 Å². The molecule has 0 radical (unpaired) electrons. The first-order valence-corrected chi connectivity index (χ1v) is 7.99. The molecule has 0 aliphatic heterocycles. The van der Waals surface area contributed by atoms with Gasteiger partial charge in [0.25, 0.3) is 0 Å². The number of carbonyl (C=O) groups excluding carboxylic acids is 1. The number of carbonyl (C=O) groups is 1. The van der Waals surface area contributed by atoms with Gasteiger partial charge in [-0.1, -0.05) is 41.3 Å². The number of aromatic nitrogens is 2. The van der Waals surface area contributed by atoms with Crippen molar-refractivity contribution >= 4 is 34.8 Å². The van der Waals surface area contributed by atoms with Crippen LogP contribution in [0.3, 0.4) is 0 Å². The van der Waals surface area contributed by atoms with E-state index in [4.69, 9.17) is 27.7 Å². The maximum atomic E-state index is 12.1. The summed E-state index contributed by atoms with van der Waals surface area (Å²) in [6.07, 6.45) is 1.73. The van der Waals surface area contributed by atoms with Crippen LogP contribution in [0, 0.1) is 0 Å². The fraction of sp³-hybridized carbons (Fsp3) is 0.400. The minimum absolute atomic E-state index is 0.146. The summed E-state index contributed by atoms with van der Waals surface area (Å²) in [7, 11) is 1.79. The molecule has 23 heavy (non-hydrogen) atoms. The first-order valence-electron chi connectivity index (χ1n) is 7.23. The molecule has 6 nitrogen and oxygen atoms in total. The highest BCUT2D eigenvalue weighted by Gasteiger charge is 2.14. The molecule has 1 heterocycles. The predicted molar refractivity (Wildman–Crippen MR) is 89.7 cm³/mol. The van der Waals surface area contributed by atoms with Crippen LogP contribution in [-0.2, 0) is 17.8 Å². The van der Waals surface area contributed by atoms with E-state index >= 15 is 0 Å². The average molecular weight is 357 g/mol. The lowest BCUT2D eigenvalue weighted by Gasteiger charge is -2.15. The Kier molecular flexibility index (Phi) is 6.38. The van der Waals surface area contributed by atoms with Crippen LogP contribution in [0.4, 0.5) is 5.69 Å². The van der Waals surface area contributed by atoms with E-state index < -0.39 is 0 Å². The van der Waals surface area contributed by atoms with Crippen molar-refractivity contribution in [3.8, 4) is 0 Å². The van der Waals surface area contributed by atoms with Gasteiger partial charge >= 0.3 is 0 Å². The fourth-order valence-corrected chi connectivity index (χ4v) is 2.50. The molecule has 2 rings (SSSR count). The molecule has 1 aromatic heterocycles. The van der Waals surface area contributed by atoms with Crippen molar-refractivity contribution in [1.82, 2.24) is 15.0 Å². The molecule has 0 spiro atoms. The maximum absolute atomic E-state index is 12.1. The molecule has 124 valence electrons. The van der Waals surface area contributed by atoms with E-state index in [1.54, 1.807) is 30.1 Å². The second kappa shape index (κ2) is 8.29. The van der Waals surface area contributed by atoms with Gasteiger partial charge in [-0.15, -0.1) is 0 Å². The van der Waals surface area contributed by atoms with E-state index in [1.165, 1.54) is 0 Å². The predicted octanol–water partition coefficient (Wildman–Crippen LogP) is 3.40. The molecule has 0 saturated carbocycles. The van der Waals surface area contributed by atoms with E-state index in [-0.39, 0.29) is 12.5 Å². The van der Waals surface area contributed by atoms with E-state index in [9.17, 15) is 4.79 Å². The Hall–Kier alpha value is -1.63. The number of nitrogens with zero attached hydrogens (tertiary/aromatic N) is 3. The SMILES string of the molecule is CCCc1noc(CN(C)CC(=O)Nc2c(Cl)cccc2Cl)n1. The third-order valence-corrected chi connectivity index (χ3v) is 3.66. The molecule has 1 aromatic carbocycles. The number of para-hydroxylation sites is 1. The number of hydrogen-bond donors (Lipinski definition) is 1. The summed E-state index contributed by atoms with van der Waals surface area (Å²) in [4.78, 5) is 18.1. The van der Waals surface area contributed by atoms with Crippen LogP contribution in [0.1, 0.15) is 25.1 Å². The van der Waals surface area contributed by atoms with Gasteiger partial charge in [0.05, 0.1) is 28.8 Å². The monoisotopic (exact) mass is 356 g/mol. The zero-order valence-electron chi connectivity index (χ0n) is 13.0. The molecule has 0 bridgehead atoms. The van der Waals surface area contributed by atoms with E-state index in [0.29, 0.717) is 34.0 Å². The van der Waals surface area contributed by atoms with Crippen LogP contribution >= 0.6 is 23.2 Å². The zero-order valence-corrected chi connectivity index (χ0v) is 14.5. The number of nitrogens with one attached hydrogen (secondary N) is 1. The van der Waals surface area contributed by atoms with Crippen LogP contribution in [0.25, 0.3) is 0 Å². The lowest BCUT2D eigenvalue weighted by Crippen LogP contribution is -2.30. The fourth-order valence-electron chi connectivity index (χ4n) is 2.01. The van der Waals surface area contributed by atoms with Gasteiger partial charge in [0.2, 0.25) is 11.8 Å². The molecule has 1 N–H and O–H groups in total. The Labute approximate surface area is 144 Å². The molecule has 1 amide bonds. The first-order chi connectivity index (χ1) is 11.0. The van der Waals surface area contributed by atoms with Gasteiger partial charge in [0, 0.05) is 6.42 Å². The Bertz CT molecular complexity index is 655. The van der Waals surface area contributed by atoms with Gasteiger partial charge in [-0.2, -0.15) is 4.98 Å². The number of anilines is 1. The third-order valence-electron chi connectivity index (χ3n) is 3.03. The largest absolute Gasteiger partial charge is 0.338 e. The van der Waals surface area contributed by atoms with Gasteiger partial charge in [-0.05, 0) is 25.6 Å². The summed E-state index contributed by atoms with van der Waals surface area (Å²) in [5.41, 5.74) is 0.414. The number of likely N-dealkylation sites (N-methyl/N-ethyl adjacent to an activating group) is 1. The standard InChI is InChI=1S/C15H18Cl2N4O2/c1-3-5-12-18-14(23-20-12)9-21(2)8-13(22)19-15-10(16)6-4-7-11(15)17/h4,6-7H,3,5,8-9H2,1-2H3,(H,19,22). The van der Waals surface area contributed by atoms with Gasteiger partial charge in [0.1, 0.15) is 0 Å². The molecule has 0 aliphatic rings. The van der Waals surface area contributed by atoms with Crippen molar-refractivity contribution < 1.29 is 9.32 Å². The highest BCUT2D eigenvalue weighted by atomic mass is 35.5. The summed E-state index contributed by atoms with van der Waals surface area (Å²) in [5.74, 6) is 0.943. The molecular weight excluding hydrogens is 339 g/mol. The van der Waals surface area contributed by atoms with Crippen LogP contribution in [0.2, 0.25) is 10.0 Å². The van der Waals surface area contributed by atoms with Crippen molar-refractivity contribution in [3.05, 3.63) is 40.0 Å². The third kappa shape index (κ3) is 5.20. The normalized spacial score (nSPS) is 11.0. The quantitative estimate of drug-likeness (QED) is 0.822. The molecule has 0 atom stereocenters. The number of rotatable bonds is 7. The van der Waals surface area contributed by atoms with Crippen molar-refractivity contribution in [2.45, 2.75) is 26.3 Å². The number of aryl methyl sites for hydroxylation is 1. The minimum Gasteiger partial charge on any atom is -0.338 e. The van der Waals surface area contributed by atoms with Gasteiger partial charge in [-0.25, -0.2) is 0 Å². The molecule has 8 heteroatoms. The Morgan fingerprint density at radius 1 is 1.35 bits per heavy atom. The molecule has 0 fully saturated rings. The molecule has 0 saturated heterocycles. The average Bonchev–Trinajstić information content (AvgIpc) is 2.90.